The minimum absolute atomic E-state index is 0.0671. The number of hydrogen-bond donors (Lipinski definition) is 0. The third-order valence-corrected chi connectivity index (χ3v) is 4.02. The van der Waals surface area contributed by atoms with Gasteiger partial charge in [0.15, 0.2) is 11.5 Å². The third-order valence-electron chi connectivity index (χ3n) is 3.27. The lowest BCUT2D eigenvalue weighted by molar-refractivity contribution is 0.0729. The maximum atomic E-state index is 12.4. The van der Waals surface area contributed by atoms with Gasteiger partial charge in [-0.1, -0.05) is 15.9 Å². The second-order valence-electron chi connectivity index (χ2n) is 4.56. The number of ether oxygens (including phenoxy) is 2. The van der Waals surface area contributed by atoms with E-state index < -0.39 is 0 Å². The van der Waals surface area contributed by atoms with Crippen LogP contribution in [0.5, 0.6) is 11.5 Å². The maximum absolute atomic E-state index is 12.4. The molecule has 1 aromatic carbocycles. The minimum atomic E-state index is 0.0671. The first kappa shape index (κ1) is 11.8. The van der Waals surface area contributed by atoms with Crippen molar-refractivity contribution in [2.75, 3.05) is 19.9 Å². The summed E-state index contributed by atoms with van der Waals surface area (Å²) in [6.45, 7) is 1.84. The van der Waals surface area contributed by atoms with Crippen LogP contribution in [0.25, 0.3) is 0 Å². The molecular weight excluding hydrogens is 298 g/mol. The summed E-state index contributed by atoms with van der Waals surface area (Å²) in [5, 5.41) is 0. The van der Waals surface area contributed by atoms with E-state index in [4.69, 9.17) is 9.47 Å². The average Bonchev–Trinajstić information content (AvgIpc) is 2.85. The minimum Gasteiger partial charge on any atom is -0.454 e. The summed E-state index contributed by atoms with van der Waals surface area (Å²) in [6, 6.07) is 5.36. The number of fused-ring (bicyclic) bond motifs is 1. The molecule has 1 fully saturated rings. The van der Waals surface area contributed by atoms with Crippen LogP contribution in [0.2, 0.25) is 0 Å². The van der Waals surface area contributed by atoms with Crippen molar-refractivity contribution in [3.63, 3.8) is 0 Å². The molecule has 96 valence electrons. The zero-order valence-corrected chi connectivity index (χ0v) is 11.5. The van der Waals surface area contributed by atoms with Gasteiger partial charge in [-0.25, -0.2) is 0 Å². The fourth-order valence-corrected chi connectivity index (χ4v) is 3.00. The lowest BCUT2D eigenvalue weighted by atomic mass is 10.1. The summed E-state index contributed by atoms with van der Waals surface area (Å²) in [5.41, 5.74) is 0.667. The van der Waals surface area contributed by atoms with Gasteiger partial charge < -0.3 is 14.4 Å². The lowest BCUT2D eigenvalue weighted by Gasteiger charge is -2.30. The van der Waals surface area contributed by atoms with E-state index in [0.29, 0.717) is 21.9 Å². The highest BCUT2D eigenvalue weighted by molar-refractivity contribution is 9.09. The molecule has 2 aliphatic heterocycles. The predicted molar refractivity (Wildman–Crippen MR) is 70.4 cm³/mol. The zero-order chi connectivity index (χ0) is 12.5. The number of piperidine rings is 1. The number of alkyl halides is 1. The second-order valence-corrected chi connectivity index (χ2v) is 5.85. The molecule has 0 saturated carbocycles. The Morgan fingerprint density at radius 1 is 1.33 bits per heavy atom. The number of halogens is 1. The van der Waals surface area contributed by atoms with E-state index in [-0.39, 0.29) is 12.7 Å². The average molecular weight is 312 g/mol. The monoisotopic (exact) mass is 311 g/mol. The number of nitrogens with zero attached hydrogens (tertiary/aromatic N) is 1. The number of hydrogen-bond acceptors (Lipinski definition) is 3. The summed E-state index contributed by atoms with van der Waals surface area (Å²) in [6.07, 6.45) is 2.18. The van der Waals surface area contributed by atoms with Gasteiger partial charge >= 0.3 is 0 Å². The van der Waals surface area contributed by atoms with Crippen LogP contribution >= 0.6 is 15.9 Å². The zero-order valence-electron chi connectivity index (χ0n) is 9.89. The Morgan fingerprint density at radius 3 is 3.00 bits per heavy atom. The molecule has 1 saturated heterocycles. The number of amides is 1. The topological polar surface area (TPSA) is 38.8 Å². The molecule has 0 N–H and O–H groups in total. The van der Waals surface area contributed by atoms with E-state index in [9.17, 15) is 4.79 Å². The van der Waals surface area contributed by atoms with Gasteiger partial charge in [0.25, 0.3) is 5.91 Å². The molecule has 3 rings (SSSR count). The van der Waals surface area contributed by atoms with Crippen molar-refractivity contribution >= 4 is 21.8 Å². The quantitative estimate of drug-likeness (QED) is 0.748. The molecular formula is C13H14BrNO3. The Balaban J connectivity index is 1.79. The molecule has 1 unspecified atom stereocenters. The molecule has 1 aromatic rings. The van der Waals surface area contributed by atoms with Gasteiger partial charge in [-0.05, 0) is 31.0 Å². The number of carbonyl (C=O) groups excluding carboxylic acids is 1. The molecule has 2 aliphatic rings. The molecule has 1 amide bonds. The first-order valence-corrected chi connectivity index (χ1v) is 6.98. The largest absolute Gasteiger partial charge is 0.454 e. The standard InChI is InChI=1S/C13H14BrNO3/c14-10-2-1-5-15(7-10)13(16)9-3-4-11-12(6-9)18-8-17-11/h3-4,6,10H,1-2,5,7-8H2. The summed E-state index contributed by atoms with van der Waals surface area (Å²) < 4.78 is 10.5. The normalized spacial score (nSPS) is 22.1. The Labute approximate surface area is 114 Å². The number of rotatable bonds is 1. The predicted octanol–water partition coefficient (Wildman–Crippen LogP) is 2.41. The first-order chi connectivity index (χ1) is 8.74. The van der Waals surface area contributed by atoms with Crippen LogP contribution in [0.15, 0.2) is 18.2 Å². The molecule has 0 radical (unpaired) electrons. The molecule has 0 aromatic heterocycles. The molecule has 0 spiro atoms. The Morgan fingerprint density at radius 2 is 2.17 bits per heavy atom. The summed E-state index contributed by atoms with van der Waals surface area (Å²) in [5.74, 6) is 1.44. The van der Waals surface area contributed by atoms with E-state index in [0.717, 1.165) is 25.9 Å². The molecule has 18 heavy (non-hydrogen) atoms. The van der Waals surface area contributed by atoms with E-state index in [1.54, 1.807) is 18.2 Å². The van der Waals surface area contributed by atoms with Crippen molar-refractivity contribution in [3.05, 3.63) is 23.8 Å². The van der Waals surface area contributed by atoms with Crippen molar-refractivity contribution < 1.29 is 14.3 Å². The van der Waals surface area contributed by atoms with Crippen molar-refractivity contribution in [2.24, 2.45) is 0 Å². The Hall–Kier alpha value is -1.23. The van der Waals surface area contributed by atoms with Crippen molar-refractivity contribution in [1.82, 2.24) is 4.90 Å². The highest BCUT2D eigenvalue weighted by Gasteiger charge is 2.24. The van der Waals surface area contributed by atoms with Crippen LogP contribution < -0.4 is 9.47 Å². The number of benzene rings is 1. The summed E-state index contributed by atoms with van der Waals surface area (Å²) in [4.78, 5) is 14.6. The Bertz CT molecular complexity index is 477. The van der Waals surface area contributed by atoms with Gasteiger partial charge in [0.05, 0.1) is 0 Å². The Kier molecular flexibility index (Phi) is 3.16. The number of carbonyl (C=O) groups is 1. The first-order valence-electron chi connectivity index (χ1n) is 6.07. The van der Waals surface area contributed by atoms with Crippen molar-refractivity contribution in [2.45, 2.75) is 17.7 Å². The lowest BCUT2D eigenvalue weighted by Crippen LogP contribution is -2.40. The van der Waals surface area contributed by atoms with Crippen molar-refractivity contribution in [1.29, 1.82) is 0 Å². The van der Waals surface area contributed by atoms with Crippen LogP contribution in [0, 0.1) is 0 Å². The van der Waals surface area contributed by atoms with Crippen LogP contribution in [0.3, 0.4) is 0 Å². The summed E-state index contributed by atoms with van der Waals surface area (Å²) >= 11 is 3.58. The third kappa shape index (κ3) is 2.19. The molecule has 2 heterocycles. The highest BCUT2D eigenvalue weighted by Crippen LogP contribution is 2.33. The highest BCUT2D eigenvalue weighted by atomic mass is 79.9. The maximum Gasteiger partial charge on any atom is 0.254 e. The second kappa shape index (κ2) is 4.80. The van der Waals surface area contributed by atoms with E-state index >= 15 is 0 Å². The van der Waals surface area contributed by atoms with Crippen LogP contribution in [0.1, 0.15) is 23.2 Å². The van der Waals surface area contributed by atoms with E-state index in [1.807, 2.05) is 4.90 Å². The van der Waals surface area contributed by atoms with Gasteiger partial charge in [-0.3, -0.25) is 4.79 Å². The van der Waals surface area contributed by atoms with E-state index in [1.165, 1.54) is 0 Å². The van der Waals surface area contributed by atoms with Gasteiger partial charge in [0, 0.05) is 23.5 Å². The smallest absolute Gasteiger partial charge is 0.254 e. The van der Waals surface area contributed by atoms with Crippen LogP contribution in [-0.2, 0) is 0 Å². The van der Waals surface area contributed by atoms with Gasteiger partial charge in [-0.2, -0.15) is 0 Å². The van der Waals surface area contributed by atoms with Gasteiger partial charge in [0.2, 0.25) is 6.79 Å². The molecule has 5 heteroatoms. The van der Waals surface area contributed by atoms with Crippen LogP contribution in [-0.4, -0.2) is 35.5 Å². The molecule has 0 bridgehead atoms. The SMILES string of the molecule is O=C(c1ccc2c(c1)OCO2)N1CCCC(Br)C1. The van der Waals surface area contributed by atoms with Gasteiger partial charge in [-0.15, -0.1) is 0 Å². The molecule has 0 aliphatic carbocycles. The van der Waals surface area contributed by atoms with E-state index in [2.05, 4.69) is 15.9 Å². The fourth-order valence-electron chi connectivity index (χ4n) is 2.32. The summed E-state index contributed by atoms with van der Waals surface area (Å²) in [7, 11) is 0. The van der Waals surface area contributed by atoms with Gasteiger partial charge in [0.1, 0.15) is 0 Å². The van der Waals surface area contributed by atoms with Crippen LogP contribution in [0.4, 0.5) is 0 Å². The number of likely N-dealkylation sites (tertiary alicyclic amines) is 1. The van der Waals surface area contributed by atoms with Crippen molar-refractivity contribution in [3.8, 4) is 11.5 Å². The molecule has 1 atom stereocenters. The molecule has 4 nitrogen and oxygen atoms in total. The fraction of sp³-hybridized carbons (Fsp3) is 0.462.